The average molecular weight is 408 g/mol. The second kappa shape index (κ2) is 7.15. The molecule has 0 spiro atoms. The summed E-state index contributed by atoms with van der Waals surface area (Å²) in [6.45, 7) is 1.42. The van der Waals surface area contributed by atoms with Crippen LogP contribution in [0.1, 0.15) is 44.6 Å². The van der Waals surface area contributed by atoms with E-state index in [9.17, 15) is 14.4 Å². The van der Waals surface area contributed by atoms with Gasteiger partial charge in [0, 0.05) is 10.5 Å². The second-order valence-electron chi connectivity index (χ2n) is 6.86. The molecule has 6 nitrogen and oxygen atoms in total. The molecule has 1 heterocycles. The zero-order chi connectivity index (χ0) is 18.0. The van der Waals surface area contributed by atoms with Crippen LogP contribution in [0.5, 0.6) is 0 Å². The average Bonchev–Trinajstić information content (AvgIpc) is 2.80. The Morgan fingerprint density at radius 2 is 2.04 bits per heavy atom. The van der Waals surface area contributed by atoms with Gasteiger partial charge in [0.15, 0.2) is 0 Å². The minimum Gasteiger partial charge on any atom is -0.352 e. The summed E-state index contributed by atoms with van der Waals surface area (Å²) in [4.78, 5) is 38.4. The van der Waals surface area contributed by atoms with Crippen molar-refractivity contribution in [1.82, 2.24) is 15.5 Å². The first-order chi connectivity index (χ1) is 11.9. The molecule has 2 fully saturated rings. The zero-order valence-electron chi connectivity index (χ0n) is 14.2. The third kappa shape index (κ3) is 3.71. The van der Waals surface area contributed by atoms with Crippen molar-refractivity contribution in [2.45, 2.75) is 50.6 Å². The minimum absolute atomic E-state index is 0.151. The van der Waals surface area contributed by atoms with Crippen molar-refractivity contribution < 1.29 is 14.4 Å². The van der Waals surface area contributed by atoms with Crippen LogP contribution < -0.4 is 10.6 Å². The van der Waals surface area contributed by atoms with Crippen LogP contribution in [0.25, 0.3) is 0 Å². The van der Waals surface area contributed by atoms with E-state index in [1.807, 2.05) is 12.1 Å². The Labute approximate surface area is 155 Å². The third-order valence-electron chi connectivity index (χ3n) is 4.95. The highest BCUT2D eigenvalue weighted by molar-refractivity contribution is 9.10. The molecule has 1 aromatic carbocycles. The lowest BCUT2D eigenvalue weighted by atomic mass is 9.92. The molecule has 1 aliphatic carbocycles. The molecule has 2 aliphatic rings. The number of hydrogen-bond acceptors (Lipinski definition) is 3. The van der Waals surface area contributed by atoms with E-state index in [2.05, 4.69) is 26.6 Å². The van der Waals surface area contributed by atoms with Gasteiger partial charge >= 0.3 is 6.03 Å². The first-order valence-corrected chi connectivity index (χ1v) is 9.39. The molecule has 7 heteroatoms. The second-order valence-corrected chi connectivity index (χ2v) is 7.77. The summed E-state index contributed by atoms with van der Waals surface area (Å²) in [6, 6.07) is 6.86. The van der Waals surface area contributed by atoms with Gasteiger partial charge in [-0.25, -0.2) is 4.79 Å². The molecule has 1 aromatic rings. The number of amides is 4. The molecule has 0 unspecified atom stereocenters. The summed E-state index contributed by atoms with van der Waals surface area (Å²) in [5.74, 6) is -0.691. The first kappa shape index (κ1) is 17.9. The number of nitrogens with zero attached hydrogens (tertiary/aromatic N) is 1. The van der Waals surface area contributed by atoms with Gasteiger partial charge in [-0.3, -0.25) is 14.5 Å². The minimum atomic E-state index is -1.16. The van der Waals surface area contributed by atoms with Gasteiger partial charge in [-0.05, 0) is 37.5 Å². The maximum Gasteiger partial charge on any atom is 0.325 e. The molecular formula is C18H22BrN3O3. The van der Waals surface area contributed by atoms with Crippen LogP contribution in [0.2, 0.25) is 0 Å². The number of rotatable bonds is 4. The smallest absolute Gasteiger partial charge is 0.325 e. The van der Waals surface area contributed by atoms with Crippen molar-refractivity contribution >= 4 is 33.8 Å². The molecule has 1 atom stereocenters. The van der Waals surface area contributed by atoms with Gasteiger partial charge in [0.25, 0.3) is 5.91 Å². The number of halogens is 1. The Morgan fingerprint density at radius 3 is 2.72 bits per heavy atom. The van der Waals surface area contributed by atoms with E-state index in [4.69, 9.17) is 0 Å². The predicted octanol–water partition coefficient (Wildman–Crippen LogP) is 2.67. The third-order valence-corrected chi connectivity index (χ3v) is 5.44. The van der Waals surface area contributed by atoms with Crippen molar-refractivity contribution in [1.29, 1.82) is 0 Å². The van der Waals surface area contributed by atoms with Gasteiger partial charge in [0.1, 0.15) is 12.1 Å². The fourth-order valence-electron chi connectivity index (χ4n) is 3.50. The van der Waals surface area contributed by atoms with Gasteiger partial charge in [0.05, 0.1) is 0 Å². The Morgan fingerprint density at radius 1 is 1.32 bits per heavy atom. The fourth-order valence-corrected chi connectivity index (χ4v) is 3.90. The standard InChI is InChI=1S/C18H22BrN3O3/c1-18(12-6-5-7-13(19)10-12)16(24)22(17(25)21-18)11-15(23)20-14-8-3-2-4-9-14/h5-7,10,14H,2-4,8-9,11H2,1H3,(H,20,23)(H,21,25)/t18-/m1/s1. The van der Waals surface area contributed by atoms with E-state index in [0.717, 1.165) is 35.1 Å². The van der Waals surface area contributed by atoms with Crippen molar-refractivity contribution in [3.8, 4) is 0 Å². The van der Waals surface area contributed by atoms with Crippen LogP contribution in [-0.2, 0) is 15.1 Å². The van der Waals surface area contributed by atoms with Gasteiger partial charge in [0.2, 0.25) is 5.91 Å². The topological polar surface area (TPSA) is 78.5 Å². The van der Waals surface area contributed by atoms with Crippen molar-refractivity contribution in [3.05, 3.63) is 34.3 Å². The van der Waals surface area contributed by atoms with Crippen LogP contribution in [-0.4, -0.2) is 35.3 Å². The molecule has 1 saturated carbocycles. The van der Waals surface area contributed by atoms with Crippen LogP contribution >= 0.6 is 15.9 Å². The van der Waals surface area contributed by atoms with E-state index in [0.29, 0.717) is 5.56 Å². The fraction of sp³-hybridized carbons (Fsp3) is 0.500. The van der Waals surface area contributed by atoms with Crippen LogP contribution in [0, 0.1) is 0 Å². The van der Waals surface area contributed by atoms with Crippen LogP contribution in [0.4, 0.5) is 4.79 Å². The van der Waals surface area contributed by atoms with E-state index < -0.39 is 17.5 Å². The lowest BCUT2D eigenvalue weighted by Crippen LogP contribution is -2.45. The zero-order valence-corrected chi connectivity index (χ0v) is 15.8. The van der Waals surface area contributed by atoms with Crippen molar-refractivity contribution in [2.75, 3.05) is 6.54 Å². The molecule has 4 amide bonds. The molecule has 25 heavy (non-hydrogen) atoms. The monoisotopic (exact) mass is 407 g/mol. The Balaban J connectivity index is 1.69. The Bertz CT molecular complexity index is 703. The van der Waals surface area contributed by atoms with E-state index >= 15 is 0 Å². The molecule has 0 aromatic heterocycles. The van der Waals surface area contributed by atoms with Gasteiger partial charge in [-0.1, -0.05) is 47.3 Å². The van der Waals surface area contributed by atoms with Crippen molar-refractivity contribution in [3.63, 3.8) is 0 Å². The first-order valence-electron chi connectivity index (χ1n) is 8.59. The number of hydrogen-bond donors (Lipinski definition) is 2. The van der Waals surface area contributed by atoms with E-state index in [-0.39, 0.29) is 18.5 Å². The highest BCUT2D eigenvalue weighted by Gasteiger charge is 2.49. The summed E-state index contributed by atoms with van der Waals surface area (Å²) in [6.07, 6.45) is 5.33. The molecule has 1 aliphatic heterocycles. The summed E-state index contributed by atoms with van der Waals surface area (Å²) in [7, 11) is 0. The highest BCUT2D eigenvalue weighted by atomic mass is 79.9. The summed E-state index contributed by atoms with van der Waals surface area (Å²) >= 11 is 3.38. The lowest BCUT2D eigenvalue weighted by molar-refractivity contribution is -0.135. The molecule has 0 bridgehead atoms. The summed E-state index contributed by atoms with van der Waals surface area (Å²) < 4.78 is 0.821. The maximum absolute atomic E-state index is 12.8. The quantitative estimate of drug-likeness (QED) is 0.752. The van der Waals surface area contributed by atoms with Gasteiger partial charge in [-0.15, -0.1) is 0 Å². The number of imide groups is 1. The number of benzene rings is 1. The Hall–Kier alpha value is -1.89. The number of nitrogens with one attached hydrogen (secondary N) is 2. The summed E-state index contributed by atoms with van der Waals surface area (Å²) in [5.41, 5.74) is -0.484. The van der Waals surface area contributed by atoms with Crippen LogP contribution in [0.15, 0.2) is 28.7 Å². The number of carbonyl (C=O) groups is 3. The van der Waals surface area contributed by atoms with Crippen molar-refractivity contribution in [2.24, 2.45) is 0 Å². The SMILES string of the molecule is C[C@]1(c2cccc(Br)c2)NC(=O)N(CC(=O)NC2CCCCC2)C1=O. The van der Waals surface area contributed by atoms with Gasteiger partial charge < -0.3 is 10.6 Å². The highest BCUT2D eigenvalue weighted by Crippen LogP contribution is 2.30. The number of urea groups is 1. The van der Waals surface area contributed by atoms with Gasteiger partial charge in [-0.2, -0.15) is 0 Å². The lowest BCUT2D eigenvalue weighted by Gasteiger charge is -2.24. The Kier molecular flexibility index (Phi) is 5.13. The van der Waals surface area contributed by atoms with E-state index in [1.165, 1.54) is 6.42 Å². The molecule has 134 valence electrons. The predicted molar refractivity (Wildman–Crippen MR) is 96.8 cm³/mol. The normalized spacial score (nSPS) is 24.3. The molecular weight excluding hydrogens is 386 g/mol. The molecule has 1 saturated heterocycles. The largest absolute Gasteiger partial charge is 0.352 e. The van der Waals surface area contributed by atoms with E-state index in [1.54, 1.807) is 19.1 Å². The number of carbonyl (C=O) groups excluding carboxylic acids is 3. The maximum atomic E-state index is 12.8. The van der Waals surface area contributed by atoms with Crippen LogP contribution in [0.3, 0.4) is 0 Å². The summed E-state index contributed by atoms with van der Waals surface area (Å²) in [5, 5.41) is 5.66. The molecule has 2 N–H and O–H groups in total. The molecule has 0 radical (unpaired) electrons. The molecule has 3 rings (SSSR count).